The highest BCUT2D eigenvalue weighted by molar-refractivity contribution is 5.94. The maximum Gasteiger partial charge on any atom is 0.351 e. The third-order valence-electron chi connectivity index (χ3n) is 3.09. The van der Waals surface area contributed by atoms with Crippen LogP contribution in [0, 0.1) is 0 Å². The summed E-state index contributed by atoms with van der Waals surface area (Å²) in [5, 5.41) is 0.630. The van der Waals surface area contributed by atoms with Crippen molar-refractivity contribution in [1.29, 1.82) is 0 Å². The summed E-state index contributed by atoms with van der Waals surface area (Å²) in [7, 11) is 0. The largest absolute Gasteiger partial charge is 0.423 e. The summed E-state index contributed by atoms with van der Waals surface area (Å²) >= 11 is 0. The number of rotatable bonds is 3. The summed E-state index contributed by atoms with van der Waals surface area (Å²) in [5.41, 5.74) is -0.0734. The van der Waals surface area contributed by atoms with Gasteiger partial charge in [-0.1, -0.05) is 18.2 Å². The lowest BCUT2D eigenvalue weighted by molar-refractivity contribution is 0.0730. The minimum absolute atomic E-state index is 0.182. The van der Waals surface area contributed by atoms with E-state index in [1.54, 1.807) is 24.3 Å². The van der Waals surface area contributed by atoms with Gasteiger partial charge >= 0.3 is 11.6 Å². The minimum Gasteiger partial charge on any atom is -0.423 e. The van der Waals surface area contributed by atoms with Crippen LogP contribution in [0.3, 0.4) is 0 Å². The number of hydrogen-bond donors (Lipinski definition) is 0. The second-order valence-corrected chi connectivity index (χ2v) is 4.56. The molecule has 0 bridgehead atoms. The Bertz CT molecular complexity index is 906. The normalized spacial score (nSPS) is 10.4. The maximum atomic E-state index is 12.1. The predicted molar refractivity (Wildman–Crippen MR) is 79.3 cm³/mol. The molecule has 0 spiro atoms. The summed E-state index contributed by atoms with van der Waals surface area (Å²) in [6.45, 7) is 0. The molecule has 0 atom stereocenters. The molecule has 0 unspecified atom stereocenters. The van der Waals surface area contributed by atoms with Gasteiger partial charge in [0, 0.05) is 10.9 Å². The number of carbonyl (C=O) groups is 2. The van der Waals surface area contributed by atoms with E-state index in [1.165, 1.54) is 30.3 Å². The van der Waals surface area contributed by atoms with Crippen molar-refractivity contribution < 1.29 is 18.7 Å². The monoisotopic (exact) mass is 294 g/mol. The number of hydrogen-bond acceptors (Lipinski definition) is 5. The number of ether oxygens (including phenoxy) is 1. The van der Waals surface area contributed by atoms with Crippen molar-refractivity contribution in [3.05, 3.63) is 76.1 Å². The Morgan fingerprint density at radius 2 is 1.77 bits per heavy atom. The average Bonchev–Trinajstić information content (AvgIpc) is 2.54. The van der Waals surface area contributed by atoms with Crippen molar-refractivity contribution in [2.75, 3.05) is 0 Å². The lowest BCUT2D eigenvalue weighted by Gasteiger charge is -2.04. The zero-order valence-electron chi connectivity index (χ0n) is 11.3. The fourth-order valence-electron chi connectivity index (χ4n) is 1.98. The summed E-state index contributed by atoms with van der Waals surface area (Å²) in [6, 6.07) is 14.3. The van der Waals surface area contributed by atoms with Crippen LogP contribution < -0.4 is 10.4 Å². The minimum atomic E-state index is -0.807. The number of carbonyl (C=O) groups excluding carboxylic acids is 2. The van der Waals surface area contributed by atoms with Crippen LogP contribution in [-0.2, 0) is 0 Å². The van der Waals surface area contributed by atoms with Gasteiger partial charge in [-0.15, -0.1) is 0 Å². The SMILES string of the molecule is O=Cc1ccc(OC(=O)c2cc3ccccc3oc2=O)cc1. The van der Waals surface area contributed by atoms with Gasteiger partial charge in [0.1, 0.15) is 23.2 Å². The van der Waals surface area contributed by atoms with Crippen LogP contribution >= 0.6 is 0 Å². The zero-order valence-corrected chi connectivity index (χ0v) is 11.3. The first kappa shape index (κ1) is 13.8. The Morgan fingerprint density at radius 3 is 2.50 bits per heavy atom. The second-order valence-electron chi connectivity index (χ2n) is 4.56. The summed E-state index contributed by atoms with van der Waals surface area (Å²) in [6.07, 6.45) is 0.684. The van der Waals surface area contributed by atoms with Gasteiger partial charge in [0.15, 0.2) is 0 Å². The molecule has 0 saturated carbocycles. The van der Waals surface area contributed by atoms with E-state index in [0.717, 1.165) is 0 Å². The van der Waals surface area contributed by atoms with Crippen molar-refractivity contribution in [3.63, 3.8) is 0 Å². The predicted octanol–water partition coefficient (Wildman–Crippen LogP) is 2.82. The van der Waals surface area contributed by atoms with Crippen LogP contribution in [0.25, 0.3) is 11.0 Å². The van der Waals surface area contributed by atoms with E-state index in [2.05, 4.69) is 0 Å². The highest BCUT2D eigenvalue weighted by Crippen LogP contribution is 2.16. The fourth-order valence-corrected chi connectivity index (χ4v) is 1.98. The zero-order chi connectivity index (χ0) is 15.5. The van der Waals surface area contributed by atoms with Crippen LogP contribution in [-0.4, -0.2) is 12.3 Å². The lowest BCUT2D eigenvalue weighted by Crippen LogP contribution is -2.18. The standard InChI is InChI=1S/C17H10O5/c18-10-11-5-7-13(8-6-11)21-16(19)14-9-12-3-1-2-4-15(12)22-17(14)20/h1-10H. The van der Waals surface area contributed by atoms with Crippen molar-refractivity contribution in [1.82, 2.24) is 0 Å². The van der Waals surface area contributed by atoms with Gasteiger partial charge in [-0.2, -0.15) is 0 Å². The van der Waals surface area contributed by atoms with Gasteiger partial charge in [0.05, 0.1) is 0 Å². The topological polar surface area (TPSA) is 73.6 Å². The first-order valence-electron chi connectivity index (χ1n) is 6.48. The van der Waals surface area contributed by atoms with Crippen molar-refractivity contribution in [2.24, 2.45) is 0 Å². The van der Waals surface area contributed by atoms with Crippen LogP contribution in [0.15, 0.2) is 63.8 Å². The van der Waals surface area contributed by atoms with Gasteiger partial charge in [-0.3, -0.25) is 4.79 Å². The van der Waals surface area contributed by atoms with Crippen molar-refractivity contribution in [2.45, 2.75) is 0 Å². The van der Waals surface area contributed by atoms with E-state index in [4.69, 9.17) is 9.15 Å². The molecule has 108 valence electrons. The molecule has 1 heterocycles. The molecule has 0 aliphatic heterocycles. The van der Waals surface area contributed by atoms with E-state index in [9.17, 15) is 14.4 Å². The lowest BCUT2D eigenvalue weighted by atomic mass is 10.2. The molecule has 5 nitrogen and oxygen atoms in total. The number of fused-ring (bicyclic) bond motifs is 1. The molecular weight excluding hydrogens is 284 g/mol. The van der Waals surface area contributed by atoms with E-state index in [-0.39, 0.29) is 11.3 Å². The number of esters is 1. The Morgan fingerprint density at radius 1 is 1.05 bits per heavy atom. The second kappa shape index (κ2) is 5.65. The molecule has 3 aromatic rings. The third kappa shape index (κ3) is 2.64. The molecule has 0 fully saturated rings. The van der Waals surface area contributed by atoms with Gasteiger partial charge < -0.3 is 9.15 Å². The van der Waals surface area contributed by atoms with E-state index < -0.39 is 11.6 Å². The highest BCUT2D eigenvalue weighted by atomic mass is 16.5. The summed E-state index contributed by atoms with van der Waals surface area (Å²) < 4.78 is 10.2. The van der Waals surface area contributed by atoms with E-state index in [1.807, 2.05) is 0 Å². The molecule has 1 aromatic heterocycles. The van der Waals surface area contributed by atoms with Crippen molar-refractivity contribution >= 4 is 23.2 Å². The van der Waals surface area contributed by atoms with Gasteiger partial charge in [0.25, 0.3) is 0 Å². The van der Waals surface area contributed by atoms with Crippen LogP contribution in [0.1, 0.15) is 20.7 Å². The third-order valence-corrected chi connectivity index (χ3v) is 3.09. The molecule has 22 heavy (non-hydrogen) atoms. The smallest absolute Gasteiger partial charge is 0.351 e. The Labute approximate surface area is 124 Å². The molecule has 0 aliphatic rings. The first-order chi connectivity index (χ1) is 10.7. The van der Waals surface area contributed by atoms with Crippen LogP contribution in [0.4, 0.5) is 0 Å². The highest BCUT2D eigenvalue weighted by Gasteiger charge is 2.16. The average molecular weight is 294 g/mol. The Kier molecular flexibility index (Phi) is 3.53. The maximum absolute atomic E-state index is 12.1. The number of aldehydes is 1. The van der Waals surface area contributed by atoms with Crippen LogP contribution in [0.2, 0.25) is 0 Å². The van der Waals surface area contributed by atoms with Crippen LogP contribution in [0.5, 0.6) is 5.75 Å². The molecule has 0 aliphatic carbocycles. The molecular formula is C17H10O5. The Hall–Kier alpha value is -3.21. The van der Waals surface area contributed by atoms with Gasteiger partial charge in [-0.05, 0) is 36.4 Å². The summed E-state index contributed by atoms with van der Waals surface area (Å²) in [5.74, 6) is -0.568. The fraction of sp³-hybridized carbons (Fsp3) is 0. The molecule has 0 radical (unpaired) electrons. The number of benzene rings is 2. The van der Waals surface area contributed by atoms with Gasteiger partial charge in [-0.25, -0.2) is 9.59 Å². The van der Waals surface area contributed by atoms with Gasteiger partial charge in [0.2, 0.25) is 0 Å². The quantitative estimate of drug-likeness (QED) is 0.321. The van der Waals surface area contributed by atoms with E-state index >= 15 is 0 Å². The molecule has 0 N–H and O–H groups in total. The van der Waals surface area contributed by atoms with Crippen molar-refractivity contribution in [3.8, 4) is 5.75 Å². The first-order valence-corrected chi connectivity index (χ1v) is 6.48. The molecule has 2 aromatic carbocycles. The molecule has 3 rings (SSSR count). The van der Waals surface area contributed by atoms with E-state index in [0.29, 0.717) is 22.8 Å². The Balaban J connectivity index is 1.92. The molecule has 5 heteroatoms. The number of para-hydroxylation sites is 1. The summed E-state index contributed by atoms with van der Waals surface area (Å²) in [4.78, 5) is 34.5. The molecule has 0 saturated heterocycles. The molecule has 0 amide bonds.